The molecule has 0 saturated carbocycles. The summed E-state index contributed by atoms with van der Waals surface area (Å²) in [5.41, 5.74) is 7.06. The molecule has 6 rings (SSSR count). The van der Waals surface area contributed by atoms with Gasteiger partial charge in [-0.15, -0.1) is 23.8 Å². The summed E-state index contributed by atoms with van der Waals surface area (Å²) < 4.78 is 14.4. The predicted octanol–water partition coefficient (Wildman–Crippen LogP) is 7.12. The smallest absolute Gasteiger partial charge is 0.189 e. The van der Waals surface area contributed by atoms with Crippen molar-refractivity contribution in [2.24, 2.45) is 4.99 Å². The Kier molecular flexibility index (Phi) is 8.20. The number of allylic oxidation sites excluding steroid dienone is 1. The molecule has 5 heteroatoms. The van der Waals surface area contributed by atoms with E-state index in [1.807, 2.05) is 24.3 Å². The molecule has 1 N–H and O–H groups in total. The first kappa shape index (κ1) is 27.4. The summed E-state index contributed by atoms with van der Waals surface area (Å²) in [4.78, 5) is 16.5. The minimum Gasteiger partial charge on any atom is -0.507 e. The molecule has 4 aromatic rings. The first-order valence-corrected chi connectivity index (χ1v) is 12.3. The molecular weight excluding hydrogens is 654 g/mol. The van der Waals surface area contributed by atoms with Gasteiger partial charge in [-0.25, -0.2) is 4.39 Å². The predicted molar refractivity (Wildman–Crippen MR) is 146 cm³/mol. The number of aliphatic hydroxyl groups is 1. The van der Waals surface area contributed by atoms with Crippen LogP contribution < -0.4 is 0 Å². The maximum absolute atomic E-state index is 14.4. The molecule has 193 valence electrons. The molecule has 1 heterocycles. The van der Waals surface area contributed by atoms with Crippen LogP contribution in [0.15, 0.2) is 102 Å². The number of nitrogens with zero attached hydrogens (tertiary/aromatic N) is 1. The van der Waals surface area contributed by atoms with Crippen molar-refractivity contribution in [3.8, 4) is 0 Å². The molecule has 1 radical (unpaired) electrons. The molecule has 0 unspecified atom stereocenters. The van der Waals surface area contributed by atoms with E-state index in [9.17, 15) is 14.3 Å². The fourth-order valence-corrected chi connectivity index (χ4v) is 5.09. The molecule has 3 nitrogen and oxygen atoms in total. The molecule has 1 aliphatic carbocycles. The second-order valence-electron chi connectivity index (χ2n) is 9.65. The van der Waals surface area contributed by atoms with Gasteiger partial charge in [0.2, 0.25) is 0 Å². The van der Waals surface area contributed by atoms with Gasteiger partial charge in [0, 0.05) is 49.7 Å². The van der Waals surface area contributed by atoms with E-state index in [-0.39, 0.29) is 42.9 Å². The largest absolute Gasteiger partial charge is 0.507 e. The number of hydrogen-bond donors (Lipinski definition) is 1. The van der Waals surface area contributed by atoms with Gasteiger partial charge in [-0.05, 0) is 34.2 Å². The first-order chi connectivity index (χ1) is 17.9. The van der Waals surface area contributed by atoms with Crippen molar-refractivity contribution in [1.29, 1.82) is 0 Å². The normalized spacial score (nSPS) is 14.5. The maximum atomic E-state index is 14.4. The average Bonchev–Trinajstić information content (AvgIpc) is 2.93. The maximum Gasteiger partial charge on any atom is 0.189 e. The van der Waals surface area contributed by atoms with Crippen molar-refractivity contribution in [3.63, 3.8) is 0 Å². The topological polar surface area (TPSA) is 49.7 Å². The molecule has 0 spiro atoms. The van der Waals surface area contributed by atoms with Crippen LogP contribution in [0.3, 0.4) is 0 Å². The molecule has 0 aromatic heterocycles. The molecule has 38 heavy (non-hydrogen) atoms. The number of rotatable bonds is 3. The second kappa shape index (κ2) is 11.4. The second-order valence-corrected chi connectivity index (χ2v) is 9.65. The van der Waals surface area contributed by atoms with E-state index < -0.39 is 0 Å². The Hall–Kier alpha value is -3.66. The fourth-order valence-electron chi connectivity index (χ4n) is 5.09. The third kappa shape index (κ3) is 5.18. The van der Waals surface area contributed by atoms with E-state index in [0.717, 1.165) is 29.8 Å². The third-order valence-electron chi connectivity index (χ3n) is 6.92. The van der Waals surface area contributed by atoms with Gasteiger partial charge in [0.05, 0.1) is 0 Å². The Bertz CT molecular complexity index is 1530. The van der Waals surface area contributed by atoms with E-state index in [4.69, 9.17) is 0 Å². The molecule has 0 amide bonds. The summed E-state index contributed by atoms with van der Waals surface area (Å²) in [6, 6.07) is 30.6. The number of aliphatic imine (C=N–C) groups is 1. The van der Waals surface area contributed by atoms with Crippen molar-refractivity contribution in [2.75, 3.05) is 6.54 Å². The van der Waals surface area contributed by atoms with E-state index in [2.05, 4.69) is 43.1 Å². The Morgan fingerprint density at radius 2 is 1.61 bits per heavy atom. The van der Waals surface area contributed by atoms with Gasteiger partial charge in [0.1, 0.15) is 5.76 Å². The van der Waals surface area contributed by atoms with Crippen LogP contribution in [-0.2, 0) is 31.9 Å². The Balaban J connectivity index is 0.000000175. The minimum absolute atomic E-state index is 0. The first-order valence-electron chi connectivity index (χ1n) is 12.3. The van der Waals surface area contributed by atoms with Crippen molar-refractivity contribution < 1.29 is 34.4 Å². The summed E-state index contributed by atoms with van der Waals surface area (Å²) in [5, 5.41) is 9.79. The number of carbonyl (C=O) groups excluding carboxylic acids is 1. The van der Waals surface area contributed by atoms with Crippen LogP contribution in [0, 0.1) is 11.9 Å². The monoisotopic (exact) mass is 681 g/mol. The average molecular weight is 681 g/mol. The zero-order valence-corrected chi connectivity index (χ0v) is 23.6. The zero-order valence-electron chi connectivity index (χ0n) is 21.2. The van der Waals surface area contributed by atoms with Gasteiger partial charge in [-0.1, -0.05) is 98.3 Å². The summed E-state index contributed by atoms with van der Waals surface area (Å²) >= 11 is 0. The Morgan fingerprint density at radius 3 is 2.29 bits per heavy atom. The van der Waals surface area contributed by atoms with Crippen molar-refractivity contribution in [3.05, 3.63) is 148 Å². The quantitative estimate of drug-likeness (QED) is 0.108. The minimum atomic E-state index is -0.348. The van der Waals surface area contributed by atoms with Gasteiger partial charge in [-0.3, -0.25) is 4.79 Å². The van der Waals surface area contributed by atoms with Gasteiger partial charge in [0.15, 0.2) is 5.78 Å². The number of carbonyl (C=O) groups is 1. The summed E-state index contributed by atoms with van der Waals surface area (Å²) in [6.45, 7) is 4.95. The van der Waals surface area contributed by atoms with Crippen LogP contribution in [0.25, 0.3) is 5.76 Å². The van der Waals surface area contributed by atoms with Crippen LogP contribution in [0.2, 0.25) is 0 Å². The molecule has 0 saturated heterocycles. The van der Waals surface area contributed by atoms with Gasteiger partial charge >= 0.3 is 0 Å². The number of ketones is 1. The SMILES string of the molecule is CC1(C)c2cccc3c2C(=NCC3)c2[c-]ccc(F)c21.O=C(/C=C(\O)c1ccccc1)c1ccccc1.[Ir]. The Morgan fingerprint density at radius 1 is 0.947 bits per heavy atom. The van der Waals surface area contributed by atoms with E-state index in [0.29, 0.717) is 11.1 Å². The van der Waals surface area contributed by atoms with Crippen LogP contribution in [-0.4, -0.2) is 23.1 Å². The number of benzene rings is 4. The van der Waals surface area contributed by atoms with Gasteiger partial charge in [0.25, 0.3) is 0 Å². The van der Waals surface area contributed by atoms with Crippen molar-refractivity contribution >= 4 is 17.3 Å². The van der Waals surface area contributed by atoms with Crippen molar-refractivity contribution in [1.82, 2.24) is 0 Å². The van der Waals surface area contributed by atoms with E-state index >= 15 is 0 Å². The van der Waals surface area contributed by atoms with Crippen molar-refractivity contribution in [2.45, 2.75) is 25.7 Å². The van der Waals surface area contributed by atoms with E-state index in [1.54, 1.807) is 42.5 Å². The molecular formula is C33H27FIrNO2-. The van der Waals surface area contributed by atoms with Gasteiger partial charge in [-0.2, -0.15) is 0 Å². The molecule has 0 atom stereocenters. The summed E-state index contributed by atoms with van der Waals surface area (Å²) in [5.74, 6) is -0.375. The van der Waals surface area contributed by atoms with E-state index in [1.165, 1.54) is 28.8 Å². The standard InChI is InChI=1S/C18H15FN.C15H12O2.Ir/c1-18(2)13-7-3-5-11-9-10-20-17(15(11)13)12-6-4-8-14(19)16(12)18;16-14(12-7-3-1-4-8-12)11-15(17)13-9-5-2-6-10-13;/h3-5,7-8H,9-10H2,1-2H3;1-11,16H;/q-1;;/b;14-11-;. The number of halogens is 1. The zero-order chi connectivity index (χ0) is 26.0. The molecule has 4 aromatic carbocycles. The third-order valence-corrected chi connectivity index (χ3v) is 6.92. The molecule has 2 aliphatic rings. The summed E-state index contributed by atoms with van der Waals surface area (Å²) in [6.07, 6.45) is 2.21. The van der Waals surface area contributed by atoms with Gasteiger partial charge < -0.3 is 10.1 Å². The number of hydrogen-bond acceptors (Lipinski definition) is 3. The fraction of sp³-hybridized carbons (Fsp3) is 0.152. The molecule has 0 fully saturated rings. The van der Waals surface area contributed by atoms with Crippen LogP contribution in [0.5, 0.6) is 0 Å². The Labute approximate surface area is 236 Å². The molecule has 0 bridgehead atoms. The molecule has 1 aliphatic heterocycles. The summed E-state index contributed by atoms with van der Waals surface area (Å²) in [7, 11) is 0. The van der Waals surface area contributed by atoms with Crippen LogP contribution >= 0.6 is 0 Å². The van der Waals surface area contributed by atoms with Crippen LogP contribution in [0.4, 0.5) is 4.39 Å². The number of fused-ring (bicyclic) bond motifs is 2. The van der Waals surface area contributed by atoms with Crippen LogP contribution in [0.1, 0.15) is 57.6 Å². The number of aliphatic hydroxyl groups excluding tert-OH is 1.